The number of hydrogen-bond acceptors (Lipinski definition) is 2. The minimum absolute atomic E-state index is 0.965. The molecule has 0 fully saturated rings. The molecule has 0 aromatic carbocycles. The van der Waals surface area contributed by atoms with Crippen LogP contribution in [0, 0.1) is 6.92 Å². The van der Waals surface area contributed by atoms with Crippen molar-refractivity contribution in [3.8, 4) is 0 Å². The Morgan fingerprint density at radius 1 is 1.50 bits per heavy atom. The largest absolute Gasteiger partial charge is 0.313 e. The minimum atomic E-state index is 0.965. The van der Waals surface area contributed by atoms with Crippen LogP contribution in [0.15, 0.2) is 22.8 Å². The third-order valence-corrected chi connectivity index (χ3v) is 2.85. The normalized spacial score (nSPS) is 16.6. The number of aromatic nitrogens is 1. The van der Waals surface area contributed by atoms with Crippen molar-refractivity contribution in [3.05, 3.63) is 34.1 Å². The van der Waals surface area contributed by atoms with E-state index >= 15 is 0 Å². The Morgan fingerprint density at radius 2 is 2.36 bits per heavy atom. The molecule has 2 heterocycles. The molecule has 0 spiro atoms. The number of pyridine rings is 1. The van der Waals surface area contributed by atoms with E-state index in [-0.39, 0.29) is 0 Å². The summed E-state index contributed by atoms with van der Waals surface area (Å²) in [7, 11) is 0. The van der Waals surface area contributed by atoms with Crippen molar-refractivity contribution in [1.82, 2.24) is 10.3 Å². The smallest absolute Gasteiger partial charge is 0.0689 e. The molecular weight excluding hydrogens is 240 g/mol. The van der Waals surface area contributed by atoms with Crippen LogP contribution < -0.4 is 5.32 Å². The fourth-order valence-corrected chi connectivity index (χ4v) is 2.16. The summed E-state index contributed by atoms with van der Waals surface area (Å²) in [6, 6.07) is 2.12. The van der Waals surface area contributed by atoms with Crippen LogP contribution in [0.5, 0.6) is 0 Å². The topological polar surface area (TPSA) is 24.9 Å². The third-order valence-electron chi connectivity index (χ3n) is 2.41. The van der Waals surface area contributed by atoms with Gasteiger partial charge >= 0.3 is 0 Å². The highest BCUT2D eigenvalue weighted by molar-refractivity contribution is 9.10. The summed E-state index contributed by atoms with van der Waals surface area (Å²) in [5, 5.41) is 3.30. The Labute approximate surface area is 92.6 Å². The summed E-state index contributed by atoms with van der Waals surface area (Å²) in [5.74, 6) is 0. The lowest BCUT2D eigenvalue weighted by atomic mass is 10.0. The Balaban J connectivity index is 2.35. The molecule has 1 aromatic rings. The van der Waals surface area contributed by atoms with Crippen LogP contribution in [0.25, 0.3) is 5.57 Å². The van der Waals surface area contributed by atoms with Crippen molar-refractivity contribution in [3.63, 3.8) is 0 Å². The summed E-state index contributed by atoms with van der Waals surface area (Å²) in [6.45, 7) is 4.13. The maximum atomic E-state index is 4.46. The van der Waals surface area contributed by atoms with Gasteiger partial charge in [0, 0.05) is 17.2 Å². The number of rotatable bonds is 1. The molecule has 1 N–H and O–H groups in total. The van der Waals surface area contributed by atoms with Gasteiger partial charge < -0.3 is 5.32 Å². The van der Waals surface area contributed by atoms with Crippen molar-refractivity contribution in [2.75, 3.05) is 13.1 Å². The molecule has 1 aliphatic heterocycles. The lowest BCUT2D eigenvalue weighted by Crippen LogP contribution is -2.20. The summed E-state index contributed by atoms with van der Waals surface area (Å²) >= 11 is 3.43. The molecule has 14 heavy (non-hydrogen) atoms. The zero-order chi connectivity index (χ0) is 9.97. The Bertz CT molecular complexity index is 372. The van der Waals surface area contributed by atoms with E-state index in [4.69, 9.17) is 0 Å². The number of nitrogens with zero attached hydrogens (tertiary/aromatic N) is 1. The van der Waals surface area contributed by atoms with Crippen molar-refractivity contribution >= 4 is 21.5 Å². The van der Waals surface area contributed by atoms with Crippen molar-refractivity contribution in [2.24, 2.45) is 0 Å². The highest BCUT2D eigenvalue weighted by atomic mass is 79.9. The quantitative estimate of drug-likeness (QED) is 0.831. The van der Waals surface area contributed by atoms with E-state index in [0.29, 0.717) is 0 Å². The van der Waals surface area contributed by atoms with Crippen LogP contribution >= 0.6 is 15.9 Å². The van der Waals surface area contributed by atoms with E-state index < -0.39 is 0 Å². The molecule has 0 bridgehead atoms. The van der Waals surface area contributed by atoms with Gasteiger partial charge in [-0.2, -0.15) is 0 Å². The summed E-state index contributed by atoms with van der Waals surface area (Å²) in [6.07, 6.45) is 5.17. The van der Waals surface area contributed by atoms with E-state index in [1.807, 2.05) is 6.20 Å². The fraction of sp³-hybridized carbons (Fsp3) is 0.364. The first-order valence-corrected chi connectivity index (χ1v) is 5.59. The number of aryl methyl sites for hydroxylation is 1. The average Bonchev–Trinajstić information content (AvgIpc) is 2.19. The van der Waals surface area contributed by atoms with Crippen molar-refractivity contribution in [1.29, 1.82) is 0 Å². The van der Waals surface area contributed by atoms with E-state index in [9.17, 15) is 0 Å². The lowest BCUT2D eigenvalue weighted by molar-refractivity contribution is 0.736. The zero-order valence-corrected chi connectivity index (χ0v) is 9.76. The molecule has 2 rings (SSSR count). The summed E-state index contributed by atoms with van der Waals surface area (Å²) < 4.78 is 1.05. The number of nitrogens with one attached hydrogen (secondary N) is 1. The van der Waals surface area contributed by atoms with E-state index in [0.717, 1.165) is 29.7 Å². The lowest BCUT2D eigenvalue weighted by Gasteiger charge is -2.15. The number of halogens is 1. The fourth-order valence-electron chi connectivity index (χ4n) is 1.71. The first kappa shape index (κ1) is 9.87. The monoisotopic (exact) mass is 252 g/mol. The maximum Gasteiger partial charge on any atom is 0.0689 e. The van der Waals surface area contributed by atoms with Crippen LogP contribution in [0.3, 0.4) is 0 Å². The van der Waals surface area contributed by atoms with E-state index in [1.54, 1.807) is 0 Å². The molecule has 0 saturated carbocycles. The Hall–Kier alpha value is -0.670. The van der Waals surface area contributed by atoms with E-state index in [2.05, 4.69) is 45.3 Å². The maximum absolute atomic E-state index is 4.46. The average molecular weight is 253 g/mol. The molecular formula is C11H13BrN2. The van der Waals surface area contributed by atoms with Gasteiger partial charge in [0.2, 0.25) is 0 Å². The molecule has 1 aliphatic rings. The van der Waals surface area contributed by atoms with Gasteiger partial charge in [0.15, 0.2) is 0 Å². The predicted octanol–water partition coefficient (Wildman–Crippen LogP) is 2.53. The molecule has 1 aromatic heterocycles. The van der Waals surface area contributed by atoms with Gasteiger partial charge in [0.05, 0.1) is 5.69 Å². The molecule has 74 valence electrons. The second kappa shape index (κ2) is 4.24. The Kier molecular flexibility index (Phi) is 2.99. The molecule has 0 aliphatic carbocycles. The van der Waals surface area contributed by atoms with Gasteiger partial charge in [-0.05, 0) is 53.0 Å². The second-order valence-electron chi connectivity index (χ2n) is 3.50. The van der Waals surface area contributed by atoms with Gasteiger partial charge in [-0.25, -0.2) is 0 Å². The van der Waals surface area contributed by atoms with Gasteiger partial charge in [-0.1, -0.05) is 6.08 Å². The van der Waals surface area contributed by atoms with Gasteiger partial charge in [-0.15, -0.1) is 0 Å². The molecule has 2 nitrogen and oxygen atoms in total. The van der Waals surface area contributed by atoms with Crippen LogP contribution in [-0.2, 0) is 0 Å². The minimum Gasteiger partial charge on any atom is -0.313 e. The predicted molar refractivity (Wildman–Crippen MR) is 62.1 cm³/mol. The number of hydrogen-bond donors (Lipinski definition) is 1. The van der Waals surface area contributed by atoms with Gasteiger partial charge in [0.25, 0.3) is 0 Å². The molecule has 0 unspecified atom stereocenters. The highest BCUT2D eigenvalue weighted by Gasteiger charge is 2.09. The van der Waals surface area contributed by atoms with Crippen LogP contribution in [0.1, 0.15) is 17.7 Å². The first-order valence-electron chi connectivity index (χ1n) is 4.79. The molecule has 0 saturated heterocycles. The van der Waals surface area contributed by atoms with Crippen LogP contribution in [0.2, 0.25) is 0 Å². The van der Waals surface area contributed by atoms with Crippen LogP contribution in [0.4, 0.5) is 0 Å². The third kappa shape index (κ3) is 2.04. The Morgan fingerprint density at radius 3 is 3.00 bits per heavy atom. The van der Waals surface area contributed by atoms with Crippen molar-refractivity contribution in [2.45, 2.75) is 13.3 Å². The highest BCUT2D eigenvalue weighted by Crippen LogP contribution is 2.22. The molecule has 0 amide bonds. The second-order valence-corrected chi connectivity index (χ2v) is 4.42. The van der Waals surface area contributed by atoms with Crippen LogP contribution in [-0.4, -0.2) is 18.1 Å². The molecule has 3 heteroatoms. The molecule has 0 atom stereocenters. The standard InChI is InChI=1S/C11H13BrN2/c1-8-6-10(12)7-14-11(8)9-2-4-13-5-3-9/h2,6-7,13H,3-5H2,1H3. The van der Waals surface area contributed by atoms with Gasteiger partial charge in [0.1, 0.15) is 0 Å². The summed E-state index contributed by atoms with van der Waals surface area (Å²) in [4.78, 5) is 4.46. The SMILES string of the molecule is Cc1cc(Br)cnc1C1=CCNCC1. The van der Waals surface area contributed by atoms with E-state index in [1.165, 1.54) is 11.1 Å². The van der Waals surface area contributed by atoms with Crippen molar-refractivity contribution < 1.29 is 0 Å². The summed E-state index contributed by atoms with van der Waals surface area (Å²) in [5.41, 5.74) is 3.76. The molecule has 0 radical (unpaired) electrons. The first-order chi connectivity index (χ1) is 6.77. The van der Waals surface area contributed by atoms with Gasteiger partial charge in [-0.3, -0.25) is 4.98 Å². The zero-order valence-electron chi connectivity index (χ0n) is 8.18.